The maximum atomic E-state index is 11.9. The third-order valence-electron chi connectivity index (χ3n) is 3.47. The highest BCUT2D eigenvalue weighted by atomic mass is 16.4. The van der Waals surface area contributed by atoms with Crippen LogP contribution in [0.3, 0.4) is 0 Å². The van der Waals surface area contributed by atoms with Crippen molar-refractivity contribution in [2.24, 2.45) is 5.92 Å². The van der Waals surface area contributed by atoms with E-state index in [1.54, 1.807) is 4.90 Å². The molecule has 0 bridgehead atoms. The van der Waals surface area contributed by atoms with E-state index in [4.69, 9.17) is 5.11 Å². The quantitative estimate of drug-likeness (QED) is 0.877. The topological polar surface area (TPSA) is 69.6 Å². The Morgan fingerprint density at radius 3 is 2.58 bits per heavy atom. The lowest BCUT2D eigenvalue weighted by atomic mass is 9.97. The molecule has 102 valence electrons. The summed E-state index contributed by atoms with van der Waals surface area (Å²) in [6.07, 6.45) is 0.132. The molecule has 1 aliphatic rings. The first-order chi connectivity index (χ1) is 8.95. The van der Waals surface area contributed by atoms with Crippen LogP contribution in [0.15, 0.2) is 18.2 Å². The second-order valence-corrected chi connectivity index (χ2v) is 5.10. The maximum Gasteiger partial charge on any atom is 0.321 e. The molecule has 0 aliphatic carbocycles. The van der Waals surface area contributed by atoms with Gasteiger partial charge in [-0.05, 0) is 37.1 Å². The molecule has 0 unspecified atom stereocenters. The summed E-state index contributed by atoms with van der Waals surface area (Å²) in [4.78, 5) is 24.0. The Kier molecular flexibility index (Phi) is 3.74. The third kappa shape index (κ3) is 3.24. The number of aliphatic carboxylic acids is 1. The number of nitrogens with zero attached hydrogens (tertiary/aromatic N) is 1. The summed E-state index contributed by atoms with van der Waals surface area (Å²) in [5.74, 6) is -0.720. The molecule has 1 aromatic carbocycles. The molecule has 2 rings (SSSR count). The molecule has 1 aliphatic heterocycles. The molecule has 1 fully saturated rings. The molecular formula is C14H18N2O3. The third-order valence-corrected chi connectivity index (χ3v) is 3.47. The Morgan fingerprint density at radius 2 is 2.00 bits per heavy atom. The molecule has 19 heavy (non-hydrogen) atoms. The predicted molar refractivity (Wildman–Crippen MR) is 72.3 cm³/mol. The van der Waals surface area contributed by atoms with Gasteiger partial charge in [0, 0.05) is 24.7 Å². The van der Waals surface area contributed by atoms with Crippen molar-refractivity contribution in [2.45, 2.75) is 20.3 Å². The summed E-state index contributed by atoms with van der Waals surface area (Å²) >= 11 is 0. The number of rotatable bonds is 3. The van der Waals surface area contributed by atoms with Gasteiger partial charge in [0.1, 0.15) is 0 Å². The highest BCUT2D eigenvalue weighted by molar-refractivity contribution is 5.90. The number of carboxylic acid groups (broad SMARTS) is 1. The number of amides is 2. The minimum Gasteiger partial charge on any atom is -0.481 e. The Hall–Kier alpha value is -2.04. The fraction of sp³-hybridized carbons (Fsp3) is 0.429. The molecule has 0 atom stereocenters. The molecule has 5 nitrogen and oxygen atoms in total. The molecule has 1 heterocycles. The summed E-state index contributed by atoms with van der Waals surface area (Å²) in [7, 11) is 0. The van der Waals surface area contributed by atoms with E-state index in [0.717, 1.165) is 11.3 Å². The molecule has 2 amide bonds. The van der Waals surface area contributed by atoms with E-state index in [2.05, 4.69) is 5.32 Å². The van der Waals surface area contributed by atoms with Gasteiger partial charge in [-0.25, -0.2) is 4.79 Å². The van der Waals surface area contributed by atoms with Crippen LogP contribution in [0.25, 0.3) is 0 Å². The largest absolute Gasteiger partial charge is 0.481 e. The number of urea groups is 1. The number of benzene rings is 1. The zero-order chi connectivity index (χ0) is 14.0. The molecule has 0 saturated carbocycles. The average molecular weight is 262 g/mol. The first-order valence-corrected chi connectivity index (χ1v) is 6.30. The van der Waals surface area contributed by atoms with Crippen molar-refractivity contribution in [1.82, 2.24) is 4.90 Å². The van der Waals surface area contributed by atoms with Crippen LogP contribution in [0.5, 0.6) is 0 Å². The van der Waals surface area contributed by atoms with Gasteiger partial charge < -0.3 is 15.3 Å². The zero-order valence-electron chi connectivity index (χ0n) is 11.1. The van der Waals surface area contributed by atoms with Crippen LogP contribution in [-0.4, -0.2) is 35.1 Å². The minimum absolute atomic E-state index is 0.0861. The van der Waals surface area contributed by atoms with Gasteiger partial charge in [-0.15, -0.1) is 0 Å². The van der Waals surface area contributed by atoms with Crippen LogP contribution in [0.1, 0.15) is 17.5 Å². The van der Waals surface area contributed by atoms with Crippen LogP contribution in [0, 0.1) is 19.8 Å². The summed E-state index contributed by atoms with van der Waals surface area (Å²) in [6, 6.07) is 5.61. The first-order valence-electron chi connectivity index (χ1n) is 6.30. The fourth-order valence-electron chi connectivity index (χ4n) is 2.13. The van der Waals surface area contributed by atoms with E-state index < -0.39 is 5.97 Å². The van der Waals surface area contributed by atoms with Crippen LogP contribution in [-0.2, 0) is 4.79 Å². The van der Waals surface area contributed by atoms with Gasteiger partial charge in [-0.3, -0.25) is 4.79 Å². The van der Waals surface area contributed by atoms with Gasteiger partial charge in [0.15, 0.2) is 0 Å². The molecule has 2 N–H and O–H groups in total. The highest BCUT2D eigenvalue weighted by Crippen LogP contribution is 2.21. The van der Waals surface area contributed by atoms with Crippen molar-refractivity contribution in [2.75, 3.05) is 18.4 Å². The normalized spacial score (nSPS) is 14.9. The summed E-state index contributed by atoms with van der Waals surface area (Å²) < 4.78 is 0. The van der Waals surface area contributed by atoms with E-state index in [-0.39, 0.29) is 18.4 Å². The van der Waals surface area contributed by atoms with Crippen molar-refractivity contribution in [1.29, 1.82) is 0 Å². The van der Waals surface area contributed by atoms with E-state index in [1.807, 2.05) is 32.0 Å². The Labute approximate surface area is 112 Å². The number of likely N-dealkylation sites (tertiary alicyclic amines) is 1. The number of anilines is 1. The second-order valence-electron chi connectivity index (χ2n) is 5.10. The van der Waals surface area contributed by atoms with Gasteiger partial charge in [-0.1, -0.05) is 6.07 Å². The zero-order valence-corrected chi connectivity index (χ0v) is 11.1. The van der Waals surface area contributed by atoms with E-state index in [0.29, 0.717) is 13.1 Å². The smallest absolute Gasteiger partial charge is 0.321 e. The maximum absolute atomic E-state index is 11.9. The summed E-state index contributed by atoms with van der Waals surface area (Å²) in [6.45, 7) is 5.05. The van der Waals surface area contributed by atoms with Gasteiger partial charge >= 0.3 is 12.0 Å². The van der Waals surface area contributed by atoms with Crippen molar-refractivity contribution in [3.63, 3.8) is 0 Å². The summed E-state index contributed by atoms with van der Waals surface area (Å²) in [5.41, 5.74) is 3.09. The van der Waals surface area contributed by atoms with Gasteiger partial charge in [-0.2, -0.15) is 0 Å². The second kappa shape index (κ2) is 5.30. The molecule has 1 aromatic rings. The fourth-order valence-corrected chi connectivity index (χ4v) is 2.13. The first kappa shape index (κ1) is 13.4. The number of nitrogens with one attached hydrogen (secondary N) is 1. The van der Waals surface area contributed by atoms with Crippen LogP contribution in [0.4, 0.5) is 10.5 Å². The van der Waals surface area contributed by atoms with Crippen molar-refractivity contribution < 1.29 is 14.7 Å². The van der Waals surface area contributed by atoms with Crippen LogP contribution in [0.2, 0.25) is 0 Å². The van der Waals surface area contributed by atoms with Crippen LogP contribution < -0.4 is 5.32 Å². The SMILES string of the molecule is Cc1ccc(NC(=O)N2CC(CC(=O)O)C2)cc1C. The summed E-state index contributed by atoms with van der Waals surface area (Å²) in [5, 5.41) is 11.5. The monoisotopic (exact) mass is 262 g/mol. The predicted octanol–water partition coefficient (Wildman–Crippen LogP) is 2.24. The molecular weight excluding hydrogens is 244 g/mol. The molecule has 0 spiro atoms. The van der Waals surface area contributed by atoms with Crippen molar-refractivity contribution >= 4 is 17.7 Å². The molecule has 0 aromatic heterocycles. The van der Waals surface area contributed by atoms with E-state index >= 15 is 0 Å². The van der Waals surface area contributed by atoms with Gasteiger partial charge in [0.2, 0.25) is 0 Å². The van der Waals surface area contributed by atoms with Gasteiger partial charge in [0.05, 0.1) is 6.42 Å². The van der Waals surface area contributed by atoms with E-state index in [1.165, 1.54) is 5.56 Å². The Balaban J connectivity index is 1.85. The molecule has 0 radical (unpaired) electrons. The lowest BCUT2D eigenvalue weighted by Crippen LogP contribution is -2.52. The standard InChI is InChI=1S/C14H18N2O3/c1-9-3-4-12(5-10(9)2)15-14(19)16-7-11(8-16)6-13(17)18/h3-5,11H,6-8H2,1-2H3,(H,15,19)(H,17,18). The lowest BCUT2D eigenvalue weighted by molar-refractivity contribution is -0.139. The number of hydrogen-bond acceptors (Lipinski definition) is 2. The number of carboxylic acids is 1. The Morgan fingerprint density at radius 1 is 1.32 bits per heavy atom. The van der Waals surface area contributed by atoms with E-state index in [9.17, 15) is 9.59 Å². The van der Waals surface area contributed by atoms with Gasteiger partial charge in [0.25, 0.3) is 0 Å². The molecule has 1 saturated heterocycles. The number of aryl methyl sites for hydroxylation is 2. The average Bonchev–Trinajstić information content (AvgIpc) is 2.27. The van der Waals surface area contributed by atoms with Crippen molar-refractivity contribution in [3.8, 4) is 0 Å². The number of carbonyl (C=O) groups is 2. The molecule has 5 heteroatoms. The lowest BCUT2D eigenvalue weighted by Gasteiger charge is -2.38. The minimum atomic E-state index is -0.806. The Bertz CT molecular complexity index is 507. The van der Waals surface area contributed by atoms with Crippen LogP contribution >= 0.6 is 0 Å². The van der Waals surface area contributed by atoms with Crippen molar-refractivity contribution in [3.05, 3.63) is 29.3 Å². The number of hydrogen-bond donors (Lipinski definition) is 2. The highest BCUT2D eigenvalue weighted by Gasteiger charge is 2.31. The number of carbonyl (C=O) groups excluding carboxylic acids is 1.